The third-order valence-electron chi connectivity index (χ3n) is 4.28. The van der Waals surface area contributed by atoms with E-state index in [1.54, 1.807) is 0 Å². The highest BCUT2D eigenvalue weighted by molar-refractivity contribution is 6.30. The van der Waals surface area contributed by atoms with E-state index < -0.39 is 0 Å². The van der Waals surface area contributed by atoms with Crippen molar-refractivity contribution in [3.05, 3.63) is 34.9 Å². The van der Waals surface area contributed by atoms with Crippen LogP contribution in [0.2, 0.25) is 5.02 Å². The Bertz CT molecular complexity index is 384. The lowest BCUT2D eigenvalue weighted by atomic mass is 10.0. The molecular weight excluding hydrogens is 244 g/mol. The molecule has 2 aliphatic heterocycles. The number of hydrogen-bond acceptors (Lipinski definition) is 2. The van der Waals surface area contributed by atoms with Crippen LogP contribution in [0.4, 0.5) is 0 Å². The van der Waals surface area contributed by atoms with Crippen LogP contribution in [-0.4, -0.2) is 30.1 Å². The quantitative estimate of drug-likeness (QED) is 0.903. The molecule has 98 valence electrons. The lowest BCUT2D eigenvalue weighted by molar-refractivity contribution is 0.206. The van der Waals surface area contributed by atoms with Crippen molar-refractivity contribution in [3.63, 3.8) is 0 Å². The topological polar surface area (TPSA) is 15.3 Å². The van der Waals surface area contributed by atoms with Gasteiger partial charge in [0.25, 0.3) is 0 Å². The third-order valence-corrected chi connectivity index (χ3v) is 4.53. The zero-order valence-electron chi connectivity index (χ0n) is 10.7. The summed E-state index contributed by atoms with van der Waals surface area (Å²) < 4.78 is 0. The van der Waals surface area contributed by atoms with Crippen LogP contribution in [0, 0.1) is 0 Å². The van der Waals surface area contributed by atoms with Crippen LogP contribution in [0.25, 0.3) is 0 Å². The van der Waals surface area contributed by atoms with Crippen LogP contribution >= 0.6 is 11.6 Å². The van der Waals surface area contributed by atoms with Gasteiger partial charge in [-0.1, -0.05) is 23.7 Å². The standard InChI is InChI=1S/C15H21ClN2/c16-13-7-5-12(6-8-13)11-18-10-2-4-15(18)14-3-1-9-17-14/h5-8,14-15,17H,1-4,9-11H2. The largest absolute Gasteiger partial charge is 0.312 e. The molecule has 18 heavy (non-hydrogen) atoms. The predicted molar refractivity (Wildman–Crippen MR) is 75.9 cm³/mol. The number of halogens is 1. The molecule has 1 N–H and O–H groups in total. The van der Waals surface area contributed by atoms with Crippen LogP contribution in [0.5, 0.6) is 0 Å². The Kier molecular flexibility index (Phi) is 3.88. The first kappa shape index (κ1) is 12.5. The number of nitrogens with zero attached hydrogens (tertiary/aromatic N) is 1. The van der Waals surface area contributed by atoms with E-state index in [1.165, 1.54) is 44.3 Å². The molecule has 2 fully saturated rings. The summed E-state index contributed by atoms with van der Waals surface area (Å²) in [6.45, 7) is 3.52. The molecule has 2 heterocycles. The van der Waals surface area contributed by atoms with Gasteiger partial charge in [0.1, 0.15) is 0 Å². The average Bonchev–Trinajstić information content (AvgIpc) is 3.02. The molecule has 2 atom stereocenters. The van der Waals surface area contributed by atoms with E-state index in [-0.39, 0.29) is 0 Å². The summed E-state index contributed by atoms with van der Waals surface area (Å²) in [5.74, 6) is 0. The monoisotopic (exact) mass is 264 g/mol. The van der Waals surface area contributed by atoms with Gasteiger partial charge in [-0.15, -0.1) is 0 Å². The van der Waals surface area contributed by atoms with Crippen molar-refractivity contribution < 1.29 is 0 Å². The van der Waals surface area contributed by atoms with Crippen LogP contribution in [0.1, 0.15) is 31.2 Å². The van der Waals surface area contributed by atoms with Crippen molar-refractivity contribution in [2.45, 2.75) is 44.3 Å². The van der Waals surface area contributed by atoms with E-state index in [1.807, 2.05) is 12.1 Å². The fourth-order valence-electron chi connectivity index (χ4n) is 3.37. The molecule has 0 aliphatic carbocycles. The van der Waals surface area contributed by atoms with Gasteiger partial charge in [0.05, 0.1) is 0 Å². The summed E-state index contributed by atoms with van der Waals surface area (Å²) in [7, 11) is 0. The van der Waals surface area contributed by atoms with Gasteiger partial charge in [0, 0.05) is 23.7 Å². The number of nitrogens with one attached hydrogen (secondary N) is 1. The molecule has 2 unspecified atom stereocenters. The lowest BCUT2D eigenvalue weighted by Gasteiger charge is -2.29. The van der Waals surface area contributed by atoms with Crippen molar-refractivity contribution in [3.8, 4) is 0 Å². The Labute approximate surface area is 114 Å². The highest BCUT2D eigenvalue weighted by Crippen LogP contribution is 2.26. The van der Waals surface area contributed by atoms with Gasteiger partial charge in [-0.05, 0) is 56.5 Å². The summed E-state index contributed by atoms with van der Waals surface area (Å²) in [6, 6.07) is 9.76. The van der Waals surface area contributed by atoms with Crippen molar-refractivity contribution in [2.24, 2.45) is 0 Å². The summed E-state index contributed by atoms with van der Waals surface area (Å²) >= 11 is 5.94. The maximum absolute atomic E-state index is 5.94. The first-order valence-electron chi connectivity index (χ1n) is 7.05. The molecule has 2 saturated heterocycles. The molecule has 0 amide bonds. The molecule has 3 rings (SSSR count). The fraction of sp³-hybridized carbons (Fsp3) is 0.600. The Hall–Kier alpha value is -0.570. The summed E-state index contributed by atoms with van der Waals surface area (Å²) in [5.41, 5.74) is 1.38. The first-order chi connectivity index (χ1) is 8.83. The molecule has 2 nitrogen and oxygen atoms in total. The van der Waals surface area contributed by atoms with E-state index in [9.17, 15) is 0 Å². The van der Waals surface area contributed by atoms with Crippen LogP contribution in [0.3, 0.4) is 0 Å². The van der Waals surface area contributed by atoms with Gasteiger partial charge >= 0.3 is 0 Å². The SMILES string of the molecule is Clc1ccc(CN2CCCC2C2CCCN2)cc1. The molecule has 0 saturated carbocycles. The Morgan fingerprint density at radius 1 is 1.17 bits per heavy atom. The predicted octanol–water partition coefficient (Wildman–Crippen LogP) is 3.06. The smallest absolute Gasteiger partial charge is 0.0406 e. The molecule has 0 aromatic heterocycles. The van der Waals surface area contributed by atoms with E-state index in [2.05, 4.69) is 22.3 Å². The zero-order chi connectivity index (χ0) is 12.4. The van der Waals surface area contributed by atoms with Crippen LogP contribution < -0.4 is 5.32 Å². The van der Waals surface area contributed by atoms with E-state index >= 15 is 0 Å². The van der Waals surface area contributed by atoms with Crippen LogP contribution in [0.15, 0.2) is 24.3 Å². The molecule has 1 aromatic carbocycles. The average molecular weight is 265 g/mol. The maximum atomic E-state index is 5.94. The van der Waals surface area contributed by atoms with Crippen LogP contribution in [-0.2, 0) is 6.54 Å². The number of hydrogen-bond donors (Lipinski definition) is 1. The van der Waals surface area contributed by atoms with Crippen molar-refractivity contribution >= 4 is 11.6 Å². The molecule has 3 heteroatoms. The van der Waals surface area contributed by atoms with Crippen molar-refractivity contribution in [1.29, 1.82) is 0 Å². The summed E-state index contributed by atoms with van der Waals surface area (Å²) in [4.78, 5) is 2.65. The normalized spacial score (nSPS) is 28.9. The van der Waals surface area contributed by atoms with Crippen molar-refractivity contribution in [2.75, 3.05) is 13.1 Å². The molecule has 0 bridgehead atoms. The molecule has 0 radical (unpaired) electrons. The molecule has 1 aromatic rings. The van der Waals surface area contributed by atoms with E-state index in [0.29, 0.717) is 0 Å². The van der Waals surface area contributed by atoms with Gasteiger partial charge in [0.2, 0.25) is 0 Å². The lowest BCUT2D eigenvalue weighted by Crippen LogP contribution is -2.43. The second-order valence-electron chi connectivity index (χ2n) is 5.51. The minimum atomic E-state index is 0.722. The molecule has 2 aliphatic rings. The zero-order valence-corrected chi connectivity index (χ0v) is 11.5. The van der Waals surface area contributed by atoms with Crippen molar-refractivity contribution in [1.82, 2.24) is 10.2 Å². The Morgan fingerprint density at radius 3 is 2.72 bits per heavy atom. The van der Waals surface area contributed by atoms with Gasteiger partial charge in [-0.3, -0.25) is 4.90 Å². The summed E-state index contributed by atoms with van der Waals surface area (Å²) in [6.07, 6.45) is 5.39. The fourth-order valence-corrected chi connectivity index (χ4v) is 3.49. The highest BCUT2D eigenvalue weighted by atomic mass is 35.5. The van der Waals surface area contributed by atoms with Gasteiger partial charge in [-0.25, -0.2) is 0 Å². The number of benzene rings is 1. The Balaban J connectivity index is 1.65. The van der Waals surface area contributed by atoms with Gasteiger partial charge in [-0.2, -0.15) is 0 Å². The molecular formula is C15H21ClN2. The Morgan fingerprint density at radius 2 is 2.00 bits per heavy atom. The molecule has 0 spiro atoms. The number of likely N-dealkylation sites (tertiary alicyclic amines) is 1. The van der Waals surface area contributed by atoms with E-state index in [4.69, 9.17) is 11.6 Å². The second kappa shape index (κ2) is 5.60. The third kappa shape index (κ3) is 2.71. The minimum Gasteiger partial charge on any atom is -0.312 e. The minimum absolute atomic E-state index is 0.722. The first-order valence-corrected chi connectivity index (χ1v) is 7.42. The van der Waals surface area contributed by atoms with E-state index in [0.717, 1.165) is 23.7 Å². The van der Waals surface area contributed by atoms with Gasteiger partial charge < -0.3 is 5.32 Å². The number of rotatable bonds is 3. The second-order valence-corrected chi connectivity index (χ2v) is 5.95. The van der Waals surface area contributed by atoms with Gasteiger partial charge in [0.15, 0.2) is 0 Å². The summed E-state index contributed by atoms with van der Waals surface area (Å²) in [5, 5.41) is 4.49. The maximum Gasteiger partial charge on any atom is 0.0406 e. The highest BCUT2D eigenvalue weighted by Gasteiger charge is 2.32.